The van der Waals surface area contributed by atoms with Crippen molar-refractivity contribution >= 4 is 29.8 Å². The molecule has 0 spiro atoms. The number of nitrogens with one attached hydrogen (secondary N) is 4. The molecule has 0 aliphatic heterocycles. The molecule has 0 aliphatic carbocycles. The fourth-order valence-electron chi connectivity index (χ4n) is 3.09. The number of hydrogen-bond donors (Lipinski definition) is 7. The Morgan fingerprint density at radius 2 is 1.24 bits per heavy atom. The number of rotatable bonds is 25. The number of carboxylic acid groups (broad SMARTS) is 2. The van der Waals surface area contributed by atoms with Crippen molar-refractivity contribution in [1.29, 1.82) is 0 Å². The van der Waals surface area contributed by atoms with Gasteiger partial charge in [0.05, 0.1) is 39.6 Å². The Morgan fingerprint density at radius 1 is 0.714 bits per heavy atom. The summed E-state index contributed by atoms with van der Waals surface area (Å²) in [6.45, 7) is 8.99. The third kappa shape index (κ3) is 24.7. The van der Waals surface area contributed by atoms with E-state index in [1.54, 1.807) is 13.8 Å². The molecule has 0 heterocycles. The third-order valence-electron chi connectivity index (χ3n) is 5.13. The fourth-order valence-corrected chi connectivity index (χ4v) is 3.09. The molecule has 0 fully saturated rings. The Bertz CT molecular complexity index is 756. The van der Waals surface area contributed by atoms with Crippen molar-refractivity contribution in [1.82, 2.24) is 21.3 Å². The van der Waals surface area contributed by atoms with E-state index in [9.17, 15) is 24.0 Å². The van der Waals surface area contributed by atoms with Crippen LogP contribution in [0.4, 0.5) is 4.79 Å². The fraction of sp³-hybridized carbons (Fsp3) is 0.808. The van der Waals surface area contributed by atoms with Crippen LogP contribution in [0.2, 0.25) is 0 Å². The van der Waals surface area contributed by atoms with Crippen LogP contribution in [0.5, 0.6) is 0 Å². The zero-order valence-corrected chi connectivity index (χ0v) is 25.3. The summed E-state index contributed by atoms with van der Waals surface area (Å²) in [6.07, 6.45) is 0.297. The summed E-state index contributed by atoms with van der Waals surface area (Å²) in [4.78, 5) is 57.5. The Labute approximate surface area is 247 Å². The number of ether oxygens (including phenoxy) is 4. The Hall–Kier alpha value is -3.05. The number of aliphatic carboxylic acids is 1. The van der Waals surface area contributed by atoms with Gasteiger partial charge in [-0.2, -0.15) is 0 Å². The van der Waals surface area contributed by atoms with Crippen LogP contribution in [0.1, 0.15) is 47.0 Å². The maximum Gasteiger partial charge on any atom is 0.405 e. The van der Waals surface area contributed by atoms with E-state index in [2.05, 4.69) is 21.3 Å². The molecule has 0 radical (unpaired) electrons. The highest BCUT2D eigenvalue weighted by molar-refractivity contribution is 5.85. The van der Waals surface area contributed by atoms with E-state index in [1.165, 1.54) is 0 Å². The van der Waals surface area contributed by atoms with Crippen molar-refractivity contribution < 1.29 is 53.1 Å². The molecule has 246 valence electrons. The Morgan fingerprint density at radius 3 is 1.74 bits per heavy atom. The van der Waals surface area contributed by atoms with E-state index in [0.717, 1.165) is 0 Å². The predicted molar refractivity (Wildman–Crippen MR) is 153 cm³/mol. The number of carboxylic acids is 1. The largest absolute Gasteiger partial charge is 0.480 e. The molecule has 2 atom stereocenters. The van der Waals surface area contributed by atoms with Crippen molar-refractivity contribution in [3.63, 3.8) is 0 Å². The second kappa shape index (κ2) is 28.1. The topological polar surface area (TPSA) is 237 Å². The van der Waals surface area contributed by atoms with Crippen molar-refractivity contribution in [3.8, 4) is 0 Å². The molecule has 2 unspecified atom stereocenters. The molecule has 0 aromatic heterocycles. The van der Waals surface area contributed by atoms with Gasteiger partial charge in [-0.25, -0.2) is 9.59 Å². The lowest BCUT2D eigenvalue weighted by atomic mass is 10.0. The normalized spacial score (nSPS) is 12.0. The highest BCUT2D eigenvalue weighted by Gasteiger charge is 2.23. The summed E-state index contributed by atoms with van der Waals surface area (Å²) in [6, 6.07) is -1.83. The van der Waals surface area contributed by atoms with Gasteiger partial charge in [-0.3, -0.25) is 14.4 Å². The monoisotopic (exact) mass is 609 g/mol. The molecule has 8 N–H and O–H groups in total. The van der Waals surface area contributed by atoms with Crippen LogP contribution in [0.3, 0.4) is 0 Å². The lowest BCUT2D eigenvalue weighted by Gasteiger charge is -2.19. The Balaban J connectivity index is 0. The molecule has 0 bridgehead atoms. The van der Waals surface area contributed by atoms with Gasteiger partial charge >= 0.3 is 12.1 Å². The maximum absolute atomic E-state index is 12.0. The van der Waals surface area contributed by atoms with E-state index < -0.39 is 36.0 Å². The quantitative estimate of drug-likeness (QED) is 0.0636. The lowest BCUT2D eigenvalue weighted by molar-refractivity contribution is -0.142. The second-order valence-corrected chi connectivity index (χ2v) is 8.88. The first-order valence-corrected chi connectivity index (χ1v) is 14.2. The summed E-state index contributed by atoms with van der Waals surface area (Å²) in [5, 5.41) is 27.7. The van der Waals surface area contributed by atoms with Crippen molar-refractivity contribution in [3.05, 3.63) is 0 Å². The van der Waals surface area contributed by atoms with Gasteiger partial charge in [-0.05, 0) is 31.7 Å². The summed E-state index contributed by atoms with van der Waals surface area (Å²) < 4.78 is 21.0. The van der Waals surface area contributed by atoms with E-state index in [-0.39, 0.29) is 77.8 Å². The van der Waals surface area contributed by atoms with Gasteiger partial charge in [0.2, 0.25) is 17.7 Å². The number of nitrogens with two attached hydrogens (primary N) is 1. The molecule has 0 aromatic rings. The van der Waals surface area contributed by atoms with Gasteiger partial charge in [0.25, 0.3) is 0 Å². The zero-order valence-electron chi connectivity index (χ0n) is 25.3. The molecule has 0 aromatic carbocycles. The number of hydrogen-bond acceptors (Lipinski definition) is 10. The number of carbonyl (C=O) groups excluding carboxylic acids is 3. The first kappa shape index (κ1) is 41.1. The molecule has 16 nitrogen and oxygen atoms in total. The van der Waals surface area contributed by atoms with E-state index in [1.807, 2.05) is 13.8 Å². The first-order valence-electron chi connectivity index (χ1n) is 14.2. The number of amides is 4. The van der Waals surface area contributed by atoms with Crippen molar-refractivity contribution in [2.45, 2.75) is 59.0 Å². The minimum atomic E-state index is -1.27. The van der Waals surface area contributed by atoms with E-state index in [4.69, 9.17) is 34.9 Å². The zero-order chi connectivity index (χ0) is 32.2. The van der Waals surface area contributed by atoms with Crippen molar-refractivity contribution in [2.75, 3.05) is 72.5 Å². The molecule has 16 heteroatoms. The van der Waals surface area contributed by atoms with Crippen molar-refractivity contribution in [2.24, 2.45) is 11.7 Å². The highest BCUT2D eigenvalue weighted by Crippen LogP contribution is 2.02. The highest BCUT2D eigenvalue weighted by atomic mass is 16.5. The van der Waals surface area contributed by atoms with Gasteiger partial charge in [-0.15, -0.1) is 0 Å². The summed E-state index contributed by atoms with van der Waals surface area (Å²) in [5.74, 6) is -2.62. The Kier molecular flexibility index (Phi) is 27.5. The average molecular weight is 610 g/mol. The predicted octanol–water partition coefficient (Wildman–Crippen LogP) is -0.698. The molecule has 42 heavy (non-hydrogen) atoms. The van der Waals surface area contributed by atoms with Crippen LogP contribution in [0.25, 0.3) is 0 Å². The summed E-state index contributed by atoms with van der Waals surface area (Å²) in [7, 11) is 0. The summed E-state index contributed by atoms with van der Waals surface area (Å²) >= 11 is 0. The number of unbranched alkanes of at least 4 members (excludes halogenated alkanes) is 1. The minimum absolute atomic E-state index is 0.122. The lowest BCUT2D eigenvalue weighted by Crippen LogP contribution is -2.49. The molecular formula is C26H51N5O11. The molecular weight excluding hydrogens is 558 g/mol. The molecule has 0 rings (SSSR count). The molecule has 0 aliphatic rings. The SMILES string of the molecule is CC.CC(C)C(NC(=O)O)C(=O)NCCOCCOCC(=O)NCCOCCOCC(=O)NC(CCCCN)C(=O)O. The maximum atomic E-state index is 12.0. The van der Waals surface area contributed by atoms with E-state index in [0.29, 0.717) is 25.8 Å². The van der Waals surface area contributed by atoms with Gasteiger partial charge in [-0.1, -0.05) is 27.7 Å². The smallest absolute Gasteiger partial charge is 0.405 e. The molecule has 0 saturated heterocycles. The standard InChI is InChI=1S/C24H45N5O11.C2H6/c1-17(2)21(29-24(35)36)22(32)27-8-10-38-11-13-39-15-19(30)26-7-9-37-12-14-40-16-20(31)28-18(23(33)34)5-3-4-6-25;1-2/h17-18,21,29H,3-16,25H2,1-2H3,(H,26,30)(H,27,32)(H,28,31)(H,33,34)(H,35,36);1-2H3. The van der Waals surface area contributed by atoms with Crippen LogP contribution in [0, 0.1) is 5.92 Å². The third-order valence-corrected chi connectivity index (χ3v) is 5.13. The van der Waals surface area contributed by atoms with Crippen LogP contribution in [-0.4, -0.2) is 125 Å². The van der Waals surface area contributed by atoms with Gasteiger partial charge in [0.1, 0.15) is 25.3 Å². The van der Waals surface area contributed by atoms with E-state index >= 15 is 0 Å². The number of carbonyl (C=O) groups is 5. The second-order valence-electron chi connectivity index (χ2n) is 8.88. The minimum Gasteiger partial charge on any atom is -0.480 e. The van der Waals surface area contributed by atoms with Crippen LogP contribution < -0.4 is 27.0 Å². The first-order chi connectivity index (χ1) is 20.1. The van der Waals surface area contributed by atoms with Crippen LogP contribution >= 0.6 is 0 Å². The average Bonchev–Trinajstić information content (AvgIpc) is 2.94. The molecule has 0 saturated carbocycles. The van der Waals surface area contributed by atoms with Crippen LogP contribution in [-0.2, 0) is 38.1 Å². The molecule has 4 amide bonds. The van der Waals surface area contributed by atoms with Gasteiger partial charge in [0.15, 0.2) is 0 Å². The van der Waals surface area contributed by atoms with Gasteiger partial charge < -0.3 is 56.2 Å². The summed E-state index contributed by atoms with van der Waals surface area (Å²) in [5.41, 5.74) is 5.38. The van der Waals surface area contributed by atoms with Crippen LogP contribution in [0.15, 0.2) is 0 Å². The van der Waals surface area contributed by atoms with Gasteiger partial charge in [0, 0.05) is 13.1 Å².